The largest absolute Gasteiger partial charge is 0.491 e. The average Bonchev–Trinajstić information content (AvgIpc) is 2.88. The summed E-state index contributed by atoms with van der Waals surface area (Å²) in [7, 11) is 0. The first-order chi connectivity index (χ1) is 10.4. The van der Waals surface area contributed by atoms with E-state index in [9.17, 15) is 20.0 Å². The second-order valence-electron chi connectivity index (χ2n) is 5.68. The Morgan fingerprint density at radius 3 is 2.86 bits per heavy atom. The van der Waals surface area contributed by atoms with Gasteiger partial charge in [-0.15, -0.1) is 0 Å². The number of likely N-dealkylation sites (tertiary alicyclic amines) is 1. The lowest BCUT2D eigenvalue weighted by molar-refractivity contribution is -0.385. The molecule has 1 saturated heterocycles. The molecule has 120 valence electrons. The molecule has 0 bridgehead atoms. The van der Waals surface area contributed by atoms with E-state index in [4.69, 9.17) is 4.74 Å². The van der Waals surface area contributed by atoms with Gasteiger partial charge in [-0.25, -0.2) is 0 Å². The van der Waals surface area contributed by atoms with Gasteiger partial charge in [-0.05, 0) is 39.3 Å². The van der Waals surface area contributed by atoms with Crippen molar-refractivity contribution >= 4 is 11.7 Å². The van der Waals surface area contributed by atoms with E-state index in [1.165, 1.54) is 12.1 Å². The quantitative estimate of drug-likeness (QED) is 0.641. The zero-order chi connectivity index (χ0) is 16.3. The minimum atomic E-state index is -0.853. The molecule has 1 aromatic rings. The van der Waals surface area contributed by atoms with Gasteiger partial charge in [0.2, 0.25) is 0 Å². The second kappa shape index (κ2) is 6.74. The average molecular weight is 308 g/mol. The maximum Gasteiger partial charge on any atom is 0.320 e. The molecular formula is C15H20N2O5. The predicted molar refractivity (Wildman–Crippen MR) is 79.9 cm³/mol. The lowest BCUT2D eigenvalue weighted by atomic mass is 10.1. The molecule has 0 aromatic heterocycles. The monoisotopic (exact) mass is 308 g/mol. The molecule has 0 spiro atoms. The molecule has 0 unspecified atom stereocenters. The SMILES string of the molecule is CC(C)Oc1ccc([N+](=O)[O-])cc1CN1CCC[C@@H]1C(=O)O. The van der Waals surface area contributed by atoms with Crippen molar-refractivity contribution in [2.45, 2.75) is 45.4 Å². The van der Waals surface area contributed by atoms with Crippen LogP contribution >= 0.6 is 0 Å². The molecule has 1 heterocycles. The Hall–Kier alpha value is -2.15. The van der Waals surface area contributed by atoms with E-state index in [2.05, 4.69) is 0 Å². The van der Waals surface area contributed by atoms with Crippen molar-refractivity contribution in [2.24, 2.45) is 0 Å². The lowest BCUT2D eigenvalue weighted by Crippen LogP contribution is -2.35. The van der Waals surface area contributed by atoms with E-state index in [0.717, 1.165) is 6.42 Å². The van der Waals surface area contributed by atoms with E-state index in [1.54, 1.807) is 6.07 Å². The van der Waals surface area contributed by atoms with Crippen molar-refractivity contribution in [3.05, 3.63) is 33.9 Å². The molecule has 1 aromatic carbocycles. The highest BCUT2D eigenvalue weighted by molar-refractivity contribution is 5.73. The zero-order valence-electron chi connectivity index (χ0n) is 12.7. The number of benzene rings is 1. The molecule has 0 aliphatic carbocycles. The Labute approximate surface area is 128 Å². The third-order valence-electron chi connectivity index (χ3n) is 3.64. The van der Waals surface area contributed by atoms with Crippen LogP contribution in [0.2, 0.25) is 0 Å². The molecule has 7 heteroatoms. The van der Waals surface area contributed by atoms with Gasteiger partial charge in [-0.2, -0.15) is 0 Å². The first kappa shape index (κ1) is 16.2. The minimum Gasteiger partial charge on any atom is -0.491 e. The highest BCUT2D eigenvalue weighted by Gasteiger charge is 2.31. The Bertz CT molecular complexity index is 573. The number of nitro benzene ring substituents is 1. The zero-order valence-corrected chi connectivity index (χ0v) is 12.7. The molecule has 1 atom stereocenters. The predicted octanol–water partition coefficient (Wildman–Crippen LogP) is 2.43. The van der Waals surface area contributed by atoms with E-state index in [0.29, 0.717) is 30.8 Å². The number of hydrogen-bond donors (Lipinski definition) is 1. The molecule has 2 rings (SSSR count). The topological polar surface area (TPSA) is 92.9 Å². The maximum absolute atomic E-state index is 11.3. The van der Waals surface area contributed by atoms with Gasteiger partial charge in [-0.1, -0.05) is 0 Å². The van der Waals surface area contributed by atoms with Crippen molar-refractivity contribution in [3.63, 3.8) is 0 Å². The molecule has 1 aliphatic rings. The molecular weight excluding hydrogens is 288 g/mol. The summed E-state index contributed by atoms with van der Waals surface area (Å²) >= 11 is 0. The van der Waals surface area contributed by atoms with Gasteiger partial charge in [0.15, 0.2) is 0 Å². The van der Waals surface area contributed by atoms with Crippen molar-refractivity contribution in [2.75, 3.05) is 6.54 Å². The van der Waals surface area contributed by atoms with E-state index < -0.39 is 16.9 Å². The number of aliphatic carboxylic acids is 1. The van der Waals surface area contributed by atoms with Crippen LogP contribution in [0.1, 0.15) is 32.3 Å². The molecule has 7 nitrogen and oxygen atoms in total. The molecule has 0 radical (unpaired) electrons. The van der Waals surface area contributed by atoms with Crippen molar-refractivity contribution in [1.29, 1.82) is 0 Å². The molecule has 1 fully saturated rings. The summed E-state index contributed by atoms with van der Waals surface area (Å²) in [5, 5.41) is 20.2. The summed E-state index contributed by atoms with van der Waals surface area (Å²) in [5.74, 6) is -0.286. The maximum atomic E-state index is 11.3. The molecule has 1 N–H and O–H groups in total. The van der Waals surface area contributed by atoms with Gasteiger partial charge < -0.3 is 9.84 Å². The summed E-state index contributed by atoms with van der Waals surface area (Å²) in [4.78, 5) is 23.6. The summed E-state index contributed by atoms with van der Waals surface area (Å²) in [6.07, 6.45) is 1.35. The Morgan fingerprint density at radius 2 is 2.27 bits per heavy atom. The number of carboxylic acid groups (broad SMARTS) is 1. The van der Waals surface area contributed by atoms with Crippen LogP contribution in [-0.4, -0.2) is 39.6 Å². The Kier molecular flexibility index (Phi) is 4.97. The number of hydrogen-bond acceptors (Lipinski definition) is 5. The molecule has 0 amide bonds. The van der Waals surface area contributed by atoms with Crippen LogP contribution in [0.15, 0.2) is 18.2 Å². The van der Waals surface area contributed by atoms with E-state index >= 15 is 0 Å². The summed E-state index contributed by atoms with van der Waals surface area (Å²) < 4.78 is 5.69. The van der Waals surface area contributed by atoms with Crippen molar-refractivity contribution in [3.8, 4) is 5.75 Å². The highest BCUT2D eigenvalue weighted by Crippen LogP contribution is 2.29. The minimum absolute atomic E-state index is 0.0165. The lowest BCUT2D eigenvalue weighted by Gasteiger charge is -2.23. The van der Waals surface area contributed by atoms with Gasteiger partial charge in [0, 0.05) is 24.2 Å². The smallest absolute Gasteiger partial charge is 0.320 e. The van der Waals surface area contributed by atoms with Crippen LogP contribution < -0.4 is 4.74 Å². The van der Waals surface area contributed by atoms with E-state index in [1.807, 2.05) is 18.7 Å². The van der Waals surface area contributed by atoms with Crippen LogP contribution in [0.3, 0.4) is 0 Å². The highest BCUT2D eigenvalue weighted by atomic mass is 16.6. The first-order valence-electron chi connectivity index (χ1n) is 7.29. The number of rotatable bonds is 6. The fourth-order valence-electron chi connectivity index (χ4n) is 2.69. The fraction of sp³-hybridized carbons (Fsp3) is 0.533. The number of nitro groups is 1. The van der Waals surface area contributed by atoms with Crippen LogP contribution in [0.4, 0.5) is 5.69 Å². The molecule has 0 saturated carbocycles. The second-order valence-corrected chi connectivity index (χ2v) is 5.68. The number of nitrogens with zero attached hydrogens (tertiary/aromatic N) is 2. The van der Waals surface area contributed by atoms with Gasteiger partial charge in [0.1, 0.15) is 11.8 Å². The van der Waals surface area contributed by atoms with Gasteiger partial charge in [0.25, 0.3) is 5.69 Å². The van der Waals surface area contributed by atoms with Crippen LogP contribution in [0.25, 0.3) is 0 Å². The molecule has 1 aliphatic heterocycles. The van der Waals surface area contributed by atoms with Crippen LogP contribution in [-0.2, 0) is 11.3 Å². The third-order valence-corrected chi connectivity index (χ3v) is 3.64. The number of ether oxygens (including phenoxy) is 1. The van der Waals surface area contributed by atoms with Crippen molar-refractivity contribution < 1.29 is 19.6 Å². The standard InChI is InChI=1S/C15H20N2O5/c1-10(2)22-14-6-5-12(17(20)21)8-11(14)9-16-7-3-4-13(16)15(18)19/h5-6,8,10,13H,3-4,7,9H2,1-2H3,(H,18,19)/t13-/m1/s1. The third kappa shape index (κ3) is 3.73. The van der Waals surface area contributed by atoms with Crippen LogP contribution in [0.5, 0.6) is 5.75 Å². The van der Waals surface area contributed by atoms with E-state index in [-0.39, 0.29) is 11.8 Å². The first-order valence-corrected chi connectivity index (χ1v) is 7.29. The summed E-state index contributed by atoms with van der Waals surface area (Å²) in [6.45, 7) is 4.75. The van der Waals surface area contributed by atoms with Gasteiger partial charge in [-0.3, -0.25) is 19.8 Å². The van der Waals surface area contributed by atoms with Gasteiger partial charge >= 0.3 is 5.97 Å². The molecule has 22 heavy (non-hydrogen) atoms. The fourth-order valence-corrected chi connectivity index (χ4v) is 2.69. The number of carbonyl (C=O) groups is 1. The number of non-ortho nitro benzene ring substituents is 1. The normalized spacial score (nSPS) is 18.6. The Morgan fingerprint density at radius 1 is 1.55 bits per heavy atom. The Balaban J connectivity index is 2.28. The van der Waals surface area contributed by atoms with Crippen molar-refractivity contribution in [1.82, 2.24) is 4.90 Å². The van der Waals surface area contributed by atoms with Gasteiger partial charge in [0.05, 0.1) is 11.0 Å². The summed E-state index contributed by atoms with van der Waals surface area (Å²) in [5.41, 5.74) is 0.633. The number of carboxylic acids is 1. The van der Waals surface area contributed by atoms with Crippen LogP contribution in [0, 0.1) is 10.1 Å². The summed E-state index contributed by atoms with van der Waals surface area (Å²) in [6, 6.07) is 3.92.